The molecule has 1 unspecified atom stereocenters. The van der Waals surface area contributed by atoms with Gasteiger partial charge < -0.3 is 10.4 Å². The Morgan fingerprint density at radius 2 is 2.14 bits per heavy atom. The number of carbonyl (C=O) groups excluding carboxylic acids is 1. The fraction of sp³-hybridized carbons (Fsp3) is 0.625. The number of nitrogens with zero attached hydrogens (tertiary/aromatic N) is 2. The quantitative estimate of drug-likeness (QED) is 0.792. The number of pyridine rings is 1. The van der Waals surface area contributed by atoms with Crippen LogP contribution < -0.4 is 5.32 Å². The molecule has 5 nitrogen and oxygen atoms in total. The molecule has 1 atom stereocenters. The SMILES string of the molecule is CCC(NC(=O)CN(C)Cc1ccncc1)C1CC(O)C1. The fourth-order valence-electron chi connectivity index (χ4n) is 2.87. The lowest BCUT2D eigenvalue weighted by Gasteiger charge is -2.37. The van der Waals surface area contributed by atoms with Crippen LogP contribution in [0.15, 0.2) is 24.5 Å². The van der Waals surface area contributed by atoms with Crippen LogP contribution in [0.4, 0.5) is 0 Å². The number of aromatic nitrogens is 1. The van der Waals surface area contributed by atoms with Crippen molar-refractivity contribution in [2.45, 2.75) is 44.9 Å². The first kappa shape index (κ1) is 15.9. The summed E-state index contributed by atoms with van der Waals surface area (Å²) in [4.78, 5) is 18.1. The predicted octanol–water partition coefficient (Wildman–Crippen LogP) is 1.18. The molecule has 116 valence electrons. The van der Waals surface area contributed by atoms with E-state index in [-0.39, 0.29) is 18.1 Å². The summed E-state index contributed by atoms with van der Waals surface area (Å²) in [5.41, 5.74) is 1.15. The number of amides is 1. The molecule has 1 aliphatic carbocycles. The zero-order valence-corrected chi connectivity index (χ0v) is 12.8. The van der Waals surface area contributed by atoms with Crippen LogP contribution in [0.2, 0.25) is 0 Å². The molecule has 5 heteroatoms. The number of nitrogens with one attached hydrogen (secondary N) is 1. The van der Waals surface area contributed by atoms with Crippen LogP contribution in [0.1, 0.15) is 31.7 Å². The molecule has 0 aliphatic heterocycles. The lowest BCUT2D eigenvalue weighted by molar-refractivity contribution is -0.124. The summed E-state index contributed by atoms with van der Waals surface area (Å²) in [6.45, 7) is 3.19. The monoisotopic (exact) mass is 291 g/mol. The molecule has 1 heterocycles. The predicted molar refractivity (Wildman–Crippen MR) is 81.5 cm³/mol. The third-order valence-electron chi connectivity index (χ3n) is 4.12. The van der Waals surface area contributed by atoms with E-state index < -0.39 is 0 Å². The molecule has 1 aromatic rings. The lowest BCUT2D eigenvalue weighted by Crippen LogP contribution is -2.48. The first-order valence-corrected chi connectivity index (χ1v) is 7.63. The third kappa shape index (κ3) is 4.79. The van der Waals surface area contributed by atoms with E-state index in [1.165, 1.54) is 0 Å². The highest BCUT2D eigenvalue weighted by atomic mass is 16.3. The van der Waals surface area contributed by atoms with Crippen molar-refractivity contribution in [1.29, 1.82) is 0 Å². The van der Waals surface area contributed by atoms with Crippen LogP contribution in [0.5, 0.6) is 0 Å². The van der Waals surface area contributed by atoms with Gasteiger partial charge in [0.15, 0.2) is 0 Å². The minimum Gasteiger partial charge on any atom is -0.393 e. The van der Waals surface area contributed by atoms with Gasteiger partial charge >= 0.3 is 0 Å². The molecule has 1 aliphatic rings. The Morgan fingerprint density at radius 1 is 1.48 bits per heavy atom. The first-order chi connectivity index (χ1) is 10.1. The van der Waals surface area contributed by atoms with Crippen molar-refractivity contribution in [1.82, 2.24) is 15.2 Å². The van der Waals surface area contributed by atoms with Gasteiger partial charge in [-0.25, -0.2) is 0 Å². The van der Waals surface area contributed by atoms with E-state index >= 15 is 0 Å². The lowest BCUT2D eigenvalue weighted by atomic mass is 9.76. The van der Waals surface area contributed by atoms with Crippen molar-refractivity contribution in [2.75, 3.05) is 13.6 Å². The largest absolute Gasteiger partial charge is 0.393 e. The molecular formula is C16H25N3O2. The van der Waals surface area contributed by atoms with Crippen LogP contribution in [-0.4, -0.2) is 46.6 Å². The molecule has 1 fully saturated rings. The summed E-state index contributed by atoms with van der Waals surface area (Å²) < 4.78 is 0. The Bertz CT molecular complexity index is 446. The first-order valence-electron chi connectivity index (χ1n) is 7.63. The number of likely N-dealkylation sites (N-methyl/N-ethyl adjacent to an activating group) is 1. The minimum absolute atomic E-state index is 0.0554. The van der Waals surface area contributed by atoms with Crippen molar-refractivity contribution in [3.8, 4) is 0 Å². The Balaban J connectivity index is 1.75. The molecule has 2 N–H and O–H groups in total. The Kier molecular flexibility index (Phi) is 5.70. The topological polar surface area (TPSA) is 65.5 Å². The third-order valence-corrected chi connectivity index (χ3v) is 4.12. The van der Waals surface area contributed by atoms with Gasteiger partial charge in [-0.3, -0.25) is 14.7 Å². The van der Waals surface area contributed by atoms with Gasteiger partial charge in [0.1, 0.15) is 0 Å². The van der Waals surface area contributed by atoms with Crippen LogP contribution >= 0.6 is 0 Å². The maximum absolute atomic E-state index is 12.1. The second-order valence-corrected chi connectivity index (χ2v) is 6.00. The van der Waals surface area contributed by atoms with E-state index in [1.807, 2.05) is 24.1 Å². The standard InChI is InChI=1S/C16H25N3O2/c1-3-15(13-8-14(20)9-13)18-16(21)11-19(2)10-12-4-6-17-7-5-12/h4-7,13-15,20H,3,8-11H2,1-2H3,(H,18,21). The number of hydrogen-bond acceptors (Lipinski definition) is 4. The smallest absolute Gasteiger partial charge is 0.234 e. The summed E-state index contributed by atoms with van der Waals surface area (Å²) in [7, 11) is 1.94. The summed E-state index contributed by atoms with van der Waals surface area (Å²) >= 11 is 0. The maximum Gasteiger partial charge on any atom is 0.234 e. The fourth-order valence-corrected chi connectivity index (χ4v) is 2.87. The van der Waals surface area contributed by atoms with E-state index in [0.29, 0.717) is 12.5 Å². The van der Waals surface area contributed by atoms with Gasteiger partial charge in [-0.15, -0.1) is 0 Å². The van der Waals surface area contributed by atoms with E-state index in [0.717, 1.165) is 31.4 Å². The molecule has 1 amide bonds. The van der Waals surface area contributed by atoms with E-state index in [1.54, 1.807) is 12.4 Å². The molecule has 0 bridgehead atoms. The van der Waals surface area contributed by atoms with Crippen molar-refractivity contribution in [3.63, 3.8) is 0 Å². The average molecular weight is 291 g/mol. The number of hydrogen-bond donors (Lipinski definition) is 2. The van der Waals surface area contributed by atoms with Gasteiger partial charge in [-0.2, -0.15) is 0 Å². The molecule has 0 spiro atoms. The minimum atomic E-state index is -0.171. The summed E-state index contributed by atoms with van der Waals surface area (Å²) in [5.74, 6) is 0.485. The zero-order valence-electron chi connectivity index (χ0n) is 12.8. The van der Waals surface area contributed by atoms with E-state index in [9.17, 15) is 9.90 Å². The van der Waals surface area contributed by atoms with Crippen molar-refractivity contribution < 1.29 is 9.90 Å². The number of rotatable bonds is 7. The van der Waals surface area contributed by atoms with Crippen molar-refractivity contribution in [2.24, 2.45) is 5.92 Å². The molecule has 2 rings (SSSR count). The second-order valence-electron chi connectivity index (χ2n) is 6.00. The van der Waals surface area contributed by atoms with Crippen LogP contribution in [0.3, 0.4) is 0 Å². The molecule has 1 saturated carbocycles. The summed E-state index contributed by atoms with van der Waals surface area (Å²) in [5, 5.41) is 12.5. The van der Waals surface area contributed by atoms with E-state index in [2.05, 4.69) is 17.2 Å². The van der Waals surface area contributed by atoms with Crippen LogP contribution in [-0.2, 0) is 11.3 Å². The Morgan fingerprint density at radius 3 is 2.71 bits per heavy atom. The van der Waals surface area contributed by atoms with Gasteiger partial charge in [0, 0.05) is 25.0 Å². The number of aliphatic hydroxyl groups is 1. The molecule has 1 aromatic heterocycles. The molecule has 0 saturated heterocycles. The average Bonchev–Trinajstić information content (AvgIpc) is 2.42. The van der Waals surface area contributed by atoms with Gasteiger partial charge in [-0.1, -0.05) is 6.92 Å². The highest BCUT2D eigenvalue weighted by Gasteiger charge is 2.33. The number of aliphatic hydroxyl groups excluding tert-OH is 1. The summed E-state index contributed by atoms with van der Waals surface area (Å²) in [6, 6.07) is 4.10. The molecule has 21 heavy (non-hydrogen) atoms. The van der Waals surface area contributed by atoms with Gasteiger partial charge in [-0.05, 0) is 49.9 Å². The summed E-state index contributed by atoms with van der Waals surface area (Å²) in [6.07, 6.45) is 5.89. The number of carbonyl (C=O) groups is 1. The molecule has 0 radical (unpaired) electrons. The normalized spacial score (nSPS) is 22.7. The Labute approximate surface area is 126 Å². The van der Waals surface area contributed by atoms with Crippen molar-refractivity contribution in [3.05, 3.63) is 30.1 Å². The van der Waals surface area contributed by atoms with Gasteiger partial charge in [0.25, 0.3) is 0 Å². The van der Waals surface area contributed by atoms with Gasteiger partial charge in [0.05, 0.1) is 12.6 Å². The second kappa shape index (κ2) is 7.52. The maximum atomic E-state index is 12.1. The van der Waals surface area contributed by atoms with E-state index in [4.69, 9.17) is 0 Å². The van der Waals surface area contributed by atoms with Crippen LogP contribution in [0, 0.1) is 5.92 Å². The zero-order chi connectivity index (χ0) is 15.2. The van der Waals surface area contributed by atoms with Gasteiger partial charge in [0.2, 0.25) is 5.91 Å². The highest BCUT2D eigenvalue weighted by molar-refractivity contribution is 5.78. The van der Waals surface area contributed by atoms with Crippen molar-refractivity contribution >= 4 is 5.91 Å². The van der Waals surface area contributed by atoms with Crippen LogP contribution in [0.25, 0.3) is 0 Å². The Hall–Kier alpha value is -1.46. The highest BCUT2D eigenvalue weighted by Crippen LogP contribution is 2.31. The molecular weight excluding hydrogens is 266 g/mol. The molecule has 0 aromatic carbocycles.